The fraction of sp³-hybridized carbons (Fsp3) is 0.222. The summed E-state index contributed by atoms with van der Waals surface area (Å²) in [6.45, 7) is 4.10. The molecule has 0 aromatic heterocycles. The molecule has 1 aliphatic rings. The second kappa shape index (κ2) is 7.18. The molecule has 0 radical (unpaired) electrons. The van der Waals surface area contributed by atoms with Gasteiger partial charge in [-0.15, -0.1) is 0 Å². The molecule has 2 aromatic rings. The molecule has 6 heteroatoms. The molecule has 1 saturated heterocycles. The zero-order chi connectivity index (χ0) is 17.3. The summed E-state index contributed by atoms with van der Waals surface area (Å²) in [7, 11) is 0. The molecule has 0 bridgehead atoms. The van der Waals surface area contributed by atoms with E-state index in [2.05, 4.69) is 17.2 Å². The summed E-state index contributed by atoms with van der Waals surface area (Å²) in [5.41, 5.74) is 4.09. The van der Waals surface area contributed by atoms with Gasteiger partial charge in [-0.1, -0.05) is 41.0 Å². The van der Waals surface area contributed by atoms with Gasteiger partial charge in [0.2, 0.25) is 5.91 Å². The third kappa shape index (κ3) is 3.94. The van der Waals surface area contributed by atoms with Gasteiger partial charge in [0, 0.05) is 10.0 Å². The Balaban J connectivity index is 1.76. The molecule has 1 aliphatic heterocycles. The van der Waals surface area contributed by atoms with E-state index in [9.17, 15) is 4.79 Å². The first-order valence-electron chi connectivity index (χ1n) is 7.50. The minimum Gasteiger partial charge on any atom is -0.304 e. The second-order valence-electron chi connectivity index (χ2n) is 5.72. The summed E-state index contributed by atoms with van der Waals surface area (Å²) in [5.74, 6) is -0.0568. The second-order valence-corrected chi connectivity index (χ2v) is 7.76. The largest absolute Gasteiger partial charge is 0.304 e. The van der Waals surface area contributed by atoms with E-state index in [1.165, 1.54) is 22.9 Å². The van der Waals surface area contributed by atoms with Crippen LogP contribution >= 0.6 is 35.0 Å². The lowest BCUT2D eigenvalue weighted by atomic mass is 10.1. The number of amides is 1. The highest BCUT2D eigenvalue weighted by atomic mass is 35.5. The number of carbonyl (C=O) groups excluding carboxylic acids is 1. The number of benzene rings is 2. The molecule has 0 spiro atoms. The van der Waals surface area contributed by atoms with Gasteiger partial charge in [-0.05, 0) is 67.3 Å². The van der Waals surface area contributed by atoms with Crippen molar-refractivity contribution in [1.29, 1.82) is 0 Å². The van der Waals surface area contributed by atoms with Crippen LogP contribution in [0.3, 0.4) is 0 Å². The Kier molecular flexibility index (Phi) is 5.18. The van der Waals surface area contributed by atoms with Gasteiger partial charge in [-0.3, -0.25) is 4.79 Å². The first-order valence-corrected chi connectivity index (χ1v) is 9.13. The zero-order valence-corrected chi connectivity index (χ0v) is 15.6. The lowest BCUT2D eigenvalue weighted by molar-refractivity contribution is -0.118. The van der Waals surface area contributed by atoms with E-state index in [1.54, 1.807) is 18.2 Å². The molecule has 0 aliphatic carbocycles. The van der Waals surface area contributed by atoms with Gasteiger partial charge in [0.25, 0.3) is 0 Å². The predicted octanol–water partition coefficient (Wildman–Crippen LogP) is 5.07. The molecule has 3 rings (SSSR count). The van der Waals surface area contributed by atoms with E-state index in [0.717, 1.165) is 11.3 Å². The quantitative estimate of drug-likeness (QED) is 0.809. The monoisotopic (exact) mass is 378 g/mol. The van der Waals surface area contributed by atoms with Gasteiger partial charge in [0.05, 0.1) is 10.9 Å². The molecule has 1 fully saturated rings. The van der Waals surface area contributed by atoms with Crippen LogP contribution in [0.5, 0.6) is 0 Å². The minimum atomic E-state index is -0.258. The number of rotatable bonds is 3. The molecule has 124 valence electrons. The van der Waals surface area contributed by atoms with E-state index < -0.39 is 0 Å². The van der Waals surface area contributed by atoms with Crippen molar-refractivity contribution in [2.24, 2.45) is 4.99 Å². The average molecular weight is 379 g/mol. The van der Waals surface area contributed by atoms with Crippen LogP contribution in [0.25, 0.3) is 0 Å². The first kappa shape index (κ1) is 17.3. The van der Waals surface area contributed by atoms with Crippen molar-refractivity contribution < 1.29 is 4.79 Å². The zero-order valence-electron chi connectivity index (χ0n) is 13.3. The smallest absolute Gasteiger partial charge is 0.239 e. The van der Waals surface area contributed by atoms with Gasteiger partial charge < -0.3 is 5.32 Å². The van der Waals surface area contributed by atoms with E-state index in [0.29, 0.717) is 21.6 Å². The number of aryl methyl sites for hydroxylation is 2. The molecule has 1 heterocycles. The number of nitrogens with zero attached hydrogens (tertiary/aromatic N) is 1. The van der Waals surface area contributed by atoms with Crippen LogP contribution in [0.1, 0.15) is 16.7 Å². The van der Waals surface area contributed by atoms with Gasteiger partial charge in [0.1, 0.15) is 0 Å². The maximum absolute atomic E-state index is 12.2. The lowest BCUT2D eigenvalue weighted by Gasteiger charge is -2.08. The van der Waals surface area contributed by atoms with Crippen molar-refractivity contribution in [3.8, 4) is 0 Å². The number of aliphatic imine (C=N–C) groups is 1. The summed E-state index contributed by atoms with van der Waals surface area (Å²) < 4.78 is 0. The number of nitrogens with one attached hydrogen (secondary N) is 1. The van der Waals surface area contributed by atoms with Crippen molar-refractivity contribution in [2.75, 3.05) is 0 Å². The SMILES string of the molecule is Cc1ccc(N=C2NC(=O)C(Cc3cc(Cl)ccc3Cl)S2)cc1C. The fourth-order valence-corrected chi connectivity index (χ4v) is 3.81. The average Bonchev–Trinajstić information content (AvgIpc) is 2.86. The maximum Gasteiger partial charge on any atom is 0.239 e. The van der Waals surface area contributed by atoms with Crippen LogP contribution in [-0.2, 0) is 11.2 Å². The van der Waals surface area contributed by atoms with Crippen molar-refractivity contribution in [2.45, 2.75) is 25.5 Å². The summed E-state index contributed by atoms with van der Waals surface area (Å²) >= 11 is 13.6. The highest BCUT2D eigenvalue weighted by Gasteiger charge is 2.30. The van der Waals surface area contributed by atoms with Gasteiger partial charge in [-0.2, -0.15) is 0 Å². The van der Waals surface area contributed by atoms with Crippen molar-refractivity contribution in [1.82, 2.24) is 5.32 Å². The lowest BCUT2D eigenvalue weighted by Crippen LogP contribution is -2.26. The Bertz CT molecular complexity index is 836. The highest BCUT2D eigenvalue weighted by Crippen LogP contribution is 2.29. The molecular formula is C18H16Cl2N2OS. The molecule has 0 saturated carbocycles. The van der Waals surface area contributed by atoms with Crippen molar-refractivity contribution in [3.05, 3.63) is 63.1 Å². The van der Waals surface area contributed by atoms with Crippen LogP contribution in [0, 0.1) is 13.8 Å². The minimum absolute atomic E-state index is 0.0568. The Labute approximate surface area is 155 Å². The molecule has 24 heavy (non-hydrogen) atoms. The van der Waals surface area contributed by atoms with Crippen LogP contribution in [0.15, 0.2) is 41.4 Å². The molecular weight excluding hydrogens is 363 g/mol. The third-order valence-corrected chi connectivity index (χ3v) is 5.60. The van der Waals surface area contributed by atoms with E-state index in [4.69, 9.17) is 23.2 Å². The summed E-state index contributed by atoms with van der Waals surface area (Å²) in [5, 5.41) is 4.43. The van der Waals surface area contributed by atoms with E-state index in [-0.39, 0.29) is 11.2 Å². The van der Waals surface area contributed by atoms with Crippen molar-refractivity contribution in [3.63, 3.8) is 0 Å². The number of amidine groups is 1. The number of hydrogen-bond acceptors (Lipinski definition) is 3. The van der Waals surface area contributed by atoms with Gasteiger partial charge in [0.15, 0.2) is 5.17 Å². The topological polar surface area (TPSA) is 41.5 Å². The van der Waals surface area contributed by atoms with Gasteiger partial charge >= 0.3 is 0 Å². The van der Waals surface area contributed by atoms with Crippen LogP contribution in [0.2, 0.25) is 10.0 Å². The summed E-state index contributed by atoms with van der Waals surface area (Å²) in [4.78, 5) is 16.7. The van der Waals surface area contributed by atoms with E-state index in [1.807, 2.05) is 25.1 Å². The fourth-order valence-electron chi connectivity index (χ4n) is 2.40. The highest BCUT2D eigenvalue weighted by molar-refractivity contribution is 8.15. The molecule has 1 atom stereocenters. The molecule has 3 nitrogen and oxygen atoms in total. The van der Waals surface area contributed by atoms with Gasteiger partial charge in [-0.25, -0.2) is 4.99 Å². The number of halogens is 2. The van der Waals surface area contributed by atoms with Crippen molar-refractivity contribution >= 4 is 51.7 Å². The van der Waals surface area contributed by atoms with Crippen LogP contribution < -0.4 is 5.32 Å². The first-order chi connectivity index (χ1) is 11.4. The Morgan fingerprint density at radius 3 is 2.67 bits per heavy atom. The maximum atomic E-state index is 12.2. The summed E-state index contributed by atoms with van der Waals surface area (Å²) in [6, 6.07) is 11.3. The predicted molar refractivity (Wildman–Crippen MR) is 103 cm³/mol. The van der Waals surface area contributed by atoms with Crippen LogP contribution in [0.4, 0.5) is 5.69 Å². The number of hydrogen-bond donors (Lipinski definition) is 1. The Morgan fingerprint density at radius 1 is 1.12 bits per heavy atom. The number of carbonyl (C=O) groups is 1. The summed E-state index contributed by atoms with van der Waals surface area (Å²) in [6.07, 6.45) is 0.516. The van der Waals surface area contributed by atoms with Crippen LogP contribution in [-0.4, -0.2) is 16.3 Å². The normalized spacial score (nSPS) is 18.9. The Hall–Kier alpha value is -1.49. The molecule has 1 unspecified atom stereocenters. The molecule has 1 N–H and O–H groups in total. The molecule has 2 aromatic carbocycles. The molecule has 1 amide bonds. The third-order valence-electron chi connectivity index (χ3n) is 3.91. The van der Waals surface area contributed by atoms with E-state index >= 15 is 0 Å². The Morgan fingerprint density at radius 2 is 1.92 bits per heavy atom. The number of thioether (sulfide) groups is 1. The standard InChI is InChI=1S/C18H16Cl2N2OS/c1-10-3-5-14(7-11(10)2)21-18-22-17(23)16(24-18)9-12-8-13(19)4-6-15(12)20/h3-8,16H,9H2,1-2H3,(H,21,22,23).